The summed E-state index contributed by atoms with van der Waals surface area (Å²) >= 11 is -2.49. The van der Waals surface area contributed by atoms with Crippen LogP contribution in [0.4, 0.5) is 10.1 Å². The Bertz CT molecular complexity index is 1650. The van der Waals surface area contributed by atoms with Crippen molar-refractivity contribution in [2.24, 2.45) is 0 Å². The van der Waals surface area contributed by atoms with E-state index in [1.807, 2.05) is 12.1 Å². The predicted octanol–water partition coefficient (Wildman–Crippen LogP) is 3.17. The van der Waals surface area contributed by atoms with Crippen LogP contribution in [-0.4, -0.2) is 38.9 Å². The van der Waals surface area contributed by atoms with Gasteiger partial charge >= 0.3 is 7.12 Å². The topological polar surface area (TPSA) is 147 Å². The number of halogens is 1. The third kappa shape index (κ3) is 5.17. The molecule has 1 aliphatic rings. The van der Waals surface area contributed by atoms with E-state index in [0.717, 1.165) is 18.4 Å². The van der Waals surface area contributed by atoms with Crippen LogP contribution in [0.5, 0.6) is 0 Å². The normalized spacial score (nSPS) is 13.6. The number of carbonyl (C=O) groups is 1. The van der Waals surface area contributed by atoms with Crippen molar-refractivity contribution >= 4 is 46.4 Å². The molecule has 1 atom stereocenters. The fourth-order valence-electron chi connectivity index (χ4n) is 4.68. The van der Waals surface area contributed by atoms with Crippen molar-refractivity contribution in [1.29, 1.82) is 5.26 Å². The van der Waals surface area contributed by atoms with Gasteiger partial charge in [0, 0.05) is 18.0 Å². The van der Waals surface area contributed by atoms with E-state index in [9.17, 15) is 33.3 Å². The van der Waals surface area contributed by atoms with E-state index in [1.165, 1.54) is 53.8 Å². The molecule has 1 fully saturated rings. The maximum absolute atomic E-state index is 13.6. The molecule has 0 saturated heterocycles. The summed E-state index contributed by atoms with van der Waals surface area (Å²) in [6, 6.07) is 15.2. The fourth-order valence-corrected chi connectivity index (χ4v) is 5.22. The van der Waals surface area contributed by atoms with Crippen molar-refractivity contribution in [1.82, 2.24) is 5.32 Å². The minimum absolute atomic E-state index is 0.0179. The zero-order valence-corrected chi connectivity index (χ0v) is 21.5. The number of carbonyl (C=O) groups excluding carboxylic acids is 1. The Kier molecular flexibility index (Phi) is 7.24. The Balaban J connectivity index is 1.64. The van der Waals surface area contributed by atoms with Gasteiger partial charge < -0.3 is 19.8 Å². The molecule has 9 nitrogen and oxygen atoms in total. The van der Waals surface area contributed by atoms with Gasteiger partial charge in [0.25, 0.3) is 17.2 Å². The number of nitriles is 1. The van der Waals surface area contributed by atoms with Gasteiger partial charge in [0.15, 0.2) is 0 Å². The minimum Gasteiger partial charge on any atom is -0.455 e. The molecule has 198 valence electrons. The maximum Gasteiger partial charge on any atom is 0.489 e. The molecule has 3 aromatic carbocycles. The van der Waals surface area contributed by atoms with Crippen LogP contribution in [0.15, 0.2) is 59.0 Å². The van der Waals surface area contributed by atoms with E-state index >= 15 is 0 Å². The SMILES string of the molecule is CNC(=O)c1c(-c2ccc(F)cc2)oc2cc(CN(c3ccc(B(O)O)c(C#N)c3)S(=O)O)c(C3CC3)cc12. The molecule has 4 aromatic rings. The van der Waals surface area contributed by atoms with Gasteiger partial charge in [0.1, 0.15) is 17.2 Å². The molecule has 1 aliphatic carbocycles. The first-order valence-electron chi connectivity index (χ1n) is 12.1. The smallest absolute Gasteiger partial charge is 0.455 e. The molecule has 1 unspecified atom stereocenters. The number of benzene rings is 3. The summed E-state index contributed by atoms with van der Waals surface area (Å²) in [6.07, 6.45) is 1.83. The Morgan fingerprint density at radius 1 is 1.21 bits per heavy atom. The highest BCUT2D eigenvalue weighted by molar-refractivity contribution is 7.80. The van der Waals surface area contributed by atoms with Gasteiger partial charge in [-0.3, -0.25) is 13.7 Å². The zero-order valence-electron chi connectivity index (χ0n) is 20.7. The van der Waals surface area contributed by atoms with Crippen molar-refractivity contribution in [2.45, 2.75) is 25.3 Å². The number of nitrogens with zero attached hydrogens (tertiary/aromatic N) is 2. The lowest BCUT2D eigenvalue weighted by molar-refractivity contribution is 0.0964. The van der Waals surface area contributed by atoms with Gasteiger partial charge in [0.2, 0.25) is 0 Å². The summed E-state index contributed by atoms with van der Waals surface area (Å²) in [5.41, 5.74) is 2.98. The van der Waals surface area contributed by atoms with E-state index in [4.69, 9.17) is 4.42 Å². The minimum atomic E-state index is -2.49. The molecule has 12 heteroatoms. The average molecular weight is 547 g/mol. The van der Waals surface area contributed by atoms with E-state index in [-0.39, 0.29) is 40.8 Å². The zero-order chi connectivity index (χ0) is 27.8. The second kappa shape index (κ2) is 10.6. The molecule has 1 heterocycles. The summed E-state index contributed by atoms with van der Waals surface area (Å²) in [4.78, 5) is 12.9. The second-order valence-electron chi connectivity index (χ2n) is 9.24. The second-order valence-corrected chi connectivity index (χ2v) is 10.1. The first kappa shape index (κ1) is 26.6. The molecule has 5 rings (SSSR count). The first-order valence-corrected chi connectivity index (χ1v) is 13.1. The predicted molar refractivity (Wildman–Crippen MR) is 145 cm³/mol. The molecular weight excluding hydrogens is 524 g/mol. The molecule has 0 radical (unpaired) electrons. The van der Waals surface area contributed by atoms with Crippen LogP contribution in [-0.2, 0) is 17.8 Å². The van der Waals surface area contributed by atoms with Crippen LogP contribution in [0, 0.1) is 17.1 Å². The number of amides is 1. The van der Waals surface area contributed by atoms with Crippen molar-refractivity contribution in [2.75, 3.05) is 11.4 Å². The van der Waals surface area contributed by atoms with Gasteiger partial charge in [-0.25, -0.2) is 8.60 Å². The van der Waals surface area contributed by atoms with E-state index in [2.05, 4.69) is 5.32 Å². The largest absolute Gasteiger partial charge is 0.489 e. The van der Waals surface area contributed by atoms with Crippen molar-refractivity contribution < 1.29 is 32.4 Å². The van der Waals surface area contributed by atoms with Gasteiger partial charge in [-0.1, -0.05) is 6.07 Å². The summed E-state index contributed by atoms with van der Waals surface area (Å²) in [5.74, 6) is -0.312. The highest BCUT2D eigenvalue weighted by atomic mass is 32.2. The lowest BCUT2D eigenvalue weighted by atomic mass is 9.77. The standard InChI is InChI=1S/C27H23BFN3O6S/c1-31-27(33)25-22-12-21(15-2-3-15)18(11-24(22)38-26(25)16-4-6-19(29)7-5-16)14-32(39(36)37)20-8-9-23(28(34)35)17(10-20)13-30/h4-12,15,34-35H,2-3,14H2,1H3,(H,31,33)(H,36,37). The van der Waals surface area contributed by atoms with Gasteiger partial charge in [-0.05, 0) is 83.9 Å². The lowest BCUT2D eigenvalue weighted by Crippen LogP contribution is -2.33. The molecule has 0 spiro atoms. The number of furan rings is 1. The highest BCUT2D eigenvalue weighted by Crippen LogP contribution is 2.45. The van der Waals surface area contributed by atoms with E-state index in [0.29, 0.717) is 27.7 Å². The van der Waals surface area contributed by atoms with Crippen LogP contribution in [0.2, 0.25) is 0 Å². The molecule has 4 N–H and O–H groups in total. The van der Waals surface area contributed by atoms with Gasteiger partial charge in [-0.2, -0.15) is 5.26 Å². The van der Waals surface area contributed by atoms with Crippen molar-refractivity contribution in [3.05, 3.63) is 82.7 Å². The third-order valence-corrected chi connectivity index (χ3v) is 7.47. The number of fused-ring (bicyclic) bond motifs is 1. The van der Waals surface area contributed by atoms with Gasteiger partial charge in [0.05, 0.1) is 29.4 Å². The molecule has 1 aromatic heterocycles. The number of hydrogen-bond acceptors (Lipinski definition) is 6. The number of hydrogen-bond donors (Lipinski definition) is 4. The van der Waals surface area contributed by atoms with Crippen molar-refractivity contribution in [3.63, 3.8) is 0 Å². The molecule has 0 aliphatic heterocycles. The van der Waals surface area contributed by atoms with Crippen molar-refractivity contribution in [3.8, 4) is 17.4 Å². The number of anilines is 1. The summed E-state index contributed by atoms with van der Waals surface area (Å²) in [6.45, 7) is -0.0291. The van der Waals surface area contributed by atoms with Crippen LogP contribution in [0.3, 0.4) is 0 Å². The quantitative estimate of drug-likeness (QED) is 0.196. The molecular formula is C27H23BFN3O6S. The fraction of sp³-hybridized carbons (Fsp3) is 0.185. The average Bonchev–Trinajstić information content (AvgIpc) is 3.71. The van der Waals surface area contributed by atoms with Crippen LogP contribution in [0.1, 0.15) is 45.8 Å². The Labute approximate surface area is 226 Å². The summed E-state index contributed by atoms with van der Waals surface area (Å²) in [7, 11) is -0.356. The van der Waals surface area contributed by atoms with Crippen LogP contribution < -0.4 is 15.1 Å². The van der Waals surface area contributed by atoms with Crippen LogP contribution in [0.25, 0.3) is 22.3 Å². The Hall–Kier alpha value is -4.02. The van der Waals surface area contributed by atoms with E-state index in [1.54, 1.807) is 6.07 Å². The third-order valence-electron chi connectivity index (χ3n) is 6.75. The molecule has 1 saturated carbocycles. The number of rotatable bonds is 8. The summed E-state index contributed by atoms with van der Waals surface area (Å²) < 4.78 is 43.5. The van der Waals surface area contributed by atoms with Crippen LogP contribution >= 0.6 is 0 Å². The monoisotopic (exact) mass is 547 g/mol. The number of nitrogens with one attached hydrogen (secondary N) is 1. The summed E-state index contributed by atoms with van der Waals surface area (Å²) in [5, 5.41) is 31.7. The molecule has 0 bridgehead atoms. The lowest BCUT2D eigenvalue weighted by Gasteiger charge is -2.22. The van der Waals surface area contributed by atoms with E-state index < -0.39 is 24.2 Å². The van der Waals surface area contributed by atoms with Gasteiger partial charge in [-0.15, -0.1) is 0 Å². The highest BCUT2D eigenvalue weighted by Gasteiger charge is 2.31. The Morgan fingerprint density at radius 3 is 2.51 bits per heavy atom. The first-order chi connectivity index (χ1) is 18.7. The Morgan fingerprint density at radius 2 is 1.92 bits per heavy atom. The molecule has 1 amide bonds. The molecule has 39 heavy (non-hydrogen) atoms. The maximum atomic E-state index is 13.6.